The average Bonchev–Trinajstić information content (AvgIpc) is 2.31. The third-order valence-electron chi connectivity index (χ3n) is 3.06. The lowest BCUT2D eigenvalue weighted by Crippen LogP contribution is -2.26. The zero-order chi connectivity index (χ0) is 12.7. The number of aryl methyl sites for hydroxylation is 1. The predicted octanol–water partition coefficient (Wildman–Crippen LogP) is 4.24. The lowest BCUT2D eigenvalue weighted by molar-refractivity contribution is 0.273. The molecular weight excluding hydrogens is 274 g/mol. The Labute approximate surface area is 114 Å². The minimum absolute atomic E-state index is 0.774. The second-order valence-corrected chi connectivity index (χ2v) is 5.64. The Balaban J connectivity index is 2.42. The molecule has 0 bridgehead atoms. The smallest absolute Gasteiger partial charge is 0.0230 e. The van der Waals surface area contributed by atoms with Crippen LogP contribution in [0.5, 0.6) is 0 Å². The van der Waals surface area contributed by atoms with Gasteiger partial charge in [-0.1, -0.05) is 59.1 Å². The number of alkyl halides is 1. The topological polar surface area (TPSA) is 3.24 Å². The summed E-state index contributed by atoms with van der Waals surface area (Å²) in [5.41, 5.74) is 2.74. The summed E-state index contributed by atoms with van der Waals surface area (Å²) in [7, 11) is 2.21. The molecule has 17 heavy (non-hydrogen) atoms. The fourth-order valence-corrected chi connectivity index (χ4v) is 2.66. The second-order valence-electron chi connectivity index (χ2n) is 4.99. The molecule has 0 aliphatic heterocycles. The molecule has 0 amide bonds. The van der Waals surface area contributed by atoms with Gasteiger partial charge < -0.3 is 4.90 Å². The van der Waals surface area contributed by atoms with Crippen molar-refractivity contribution in [3.05, 3.63) is 35.4 Å². The molecule has 1 rings (SSSR count). The molecule has 1 aromatic carbocycles. The summed E-state index contributed by atoms with van der Waals surface area (Å²) < 4.78 is 0. The number of nitrogens with zero attached hydrogens (tertiary/aromatic N) is 1. The van der Waals surface area contributed by atoms with Crippen LogP contribution in [-0.2, 0) is 6.54 Å². The Morgan fingerprint density at radius 1 is 1.24 bits per heavy atom. The van der Waals surface area contributed by atoms with Gasteiger partial charge >= 0.3 is 0 Å². The lowest BCUT2D eigenvalue weighted by Gasteiger charge is -2.22. The maximum atomic E-state index is 3.61. The van der Waals surface area contributed by atoms with Crippen LogP contribution in [-0.4, -0.2) is 23.8 Å². The van der Waals surface area contributed by atoms with Crippen molar-refractivity contribution in [3.63, 3.8) is 0 Å². The first kappa shape index (κ1) is 14.7. The molecule has 96 valence electrons. The molecule has 1 nitrogen and oxygen atoms in total. The molecule has 1 aromatic rings. The van der Waals surface area contributed by atoms with Gasteiger partial charge in [-0.2, -0.15) is 0 Å². The predicted molar refractivity (Wildman–Crippen MR) is 79.7 cm³/mol. The number of hydrogen-bond acceptors (Lipinski definition) is 1. The average molecular weight is 298 g/mol. The van der Waals surface area contributed by atoms with E-state index in [1.807, 2.05) is 0 Å². The van der Waals surface area contributed by atoms with E-state index in [0.29, 0.717) is 0 Å². The van der Waals surface area contributed by atoms with Gasteiger partial charge in [0, 0.05) is 18.4 Å². The monoisotopic (exact) mass is 297 g/mol. The van der Waals surface area contributed by atoms with Gasteiger partial charge in [0.15, 0.2) is 0 Å². The molecule has 0 heterocycles. The Bertz CT molecular complexity index is 307. The quantitative estimate of drug-likeness (QED) is 0.681. The Kier molecular flexibility index (Phi) is 6.83. The van der Waals surface area contributed by atoms with E-state index < -0.39 is 0 Å². The molecular formula is C15H24BrN. The summed E-state index contributed by atoms with van der Waals surface area (Å²) in [4.78, 5) is 2.42. The van der Waals surface area contributed by atoms with Crippen molar-refractivity contribution in [1.29, 1.82) is 0 Å². The van der Waals surface area contributed by atoms with Crippen molar-refractivity contribution in [2.24, 2.45) is 5.92 Å². The Morgan fingerprint density at radius 2 is 1.88 bits per heavy atom. The van der Waals surface area contributed by atoms with Crippen LogP contribution >= 0.6 is 15.9 Å². The van der Waals surface area contributed by atoms with E-state index in [1.165, 1.54) is 30.5 Å². The van der Waals surface area contributed by atoms with Crippen molar-refractivity contribution in [2.75, 3.05) is 18.9 Å². The number of rotatable bonds is 7. The highest BCUT2D eigenvalue weighted by molar-refractivity contribution is 9.09. The van der Waals surface area contributed by atoms with Gasteiger partial charge in [0.25, 0.3) is 0 Å². The molecule has 0 N–H and O–H groups in total. The first-order chi connectivity index (χ1) is 8.15. The van der Waals surface area contributed by atoms with Crippen LogP contribution in [0.25, 0.3) is 0 Å². The van der Waals surface area contributed by atoms with Crippen LogP contribution in [0, 0.1) is 12.8 Å². The van der Waals surface area contributed by atoms with Crippen LogP contribution in [0.15, 0.2) is 24.3 Å². The van der Waals surface area contributed by atoms with Gasteiger partial charge in [-0.05, 0) is 31.9 Å². The van der Waals surface area contributed by atoms with Crippen molar-refractivity contribution < 1.29 is 0 Å². The largest absolute Gasteiger partial charge is 0.302 e. The molecule has 1 unspecified atom stereocenters. The van der Waals surface area contributed by atoms with Crippen LogP contribution in [0.1, 0.15) is 30.9 Å². The third kappa shape index (κ3) is 5.69. The minimum Gasteiger partial charge on any atom is -0.302 e. The van der Waals surface area contributed by atoms with E-state index in [2.05, 4.69) is 66.0 Å². The second kappa shape index (κ2) is 7.88. The summed E-state index contributed by atoms with van der Waals surface area (Å²) in [5, 5.41) is 1.11. The highest BCUT2D eigenvalue weighted by Gasteiger charge is 2.09. The maximum absolute atomic E-state index is 3.61. The van der Waals surface area contributed by atoms with Gasteiger partial charge in [-0.25, -0.2) is 0 Å². The molecule has 1 atom stereocenters. The molecule has 0 saturated heterocycles. The SMILES string of the molecule is CCCC(CBr)CN(C)Cc1ccc(C)cc1. The van der Waals surface area contributed by atoms with Crippen LogP contribution in [0.2, 0.25) is 0 Å². The van der Waals surface area contributed by atoms with E-state index >= 15 is 0 Å². The standard InChI is InChI=1S/C15H24BrN/c1-4-5-15(10-16)12-17(3)11-14-8-6-13(2)7-9-14/h6-9,15H,4-5,10-12H2,1-3H3. The fourth-order valence-electron chi connectivity index (χ4n) is 2.14. The third-order valence-corrected chi connectivity index (χ3v) is 3.97. The first-order valence-corrected chi connectivity index (χ1v) is 7.58. The highest BCUT2D eigenvalue weighted by Crippen LogP contribution is 2.13. The molecule has 0 aliphatic carbocycles. The van der Waals surface area contributed by atoms with Crippen LogP contribution in [0.4, 0.5) is 0 Å². The highest BCUT2D eigenvalue weighted by atomic mass is 79.9. The Hall–Kier alpha value is -0.340. The fraction of sp³-hybridized carbons (Fsp3) is 0.600. The van der Waals surface area contributed by atoms with Gasteiger partial charge in [0.1, 0.15) is 0 Å². The summed E-state index contributed by atoms with van der Waals surface area (Å²) >= 11 is 3.61. The number of benzene rings is 1. The van der Waals surface area contributed by atoms with Crippen molar-refractivity contribution in [2.45, 2.75) is 33.2 Å². The summed E-state index contributed by atoms with van der Waals surface area (Å²) in [6.45, 7) is 6.62. The number of halogens is 1. The van der Waals surface area contributed by atoms with E-state index in [4.69, 9.17) is 0 Å². The van der Waals surface area contributed by atoms with E-state index in [1.54, 1.807) is 0 Å². The first-order valence-electron chi connectivity index (χ1n) is 6.45. The molecule has 0 saturated carbocycles. The lowest BCUT2D eigenvalue weighted by atomic mass is 10.1. The zero-order valence-corrected chi connectivity index (χ0v) is 12.8. The zero-order valence-electron chi connectivity index (χ0n) is 11.2. The normalized spacial score (nSPS) is 13.0. The van der Waals surface area contributed by atoms with E-state index in [0.717, 1.165) is 17.8 Å². The van der Waals surface area contributed by atoms with Gasteiger partial charge in [-0.3, -0.25) is 0 Å². The van der Waals surface area contributed by atoms with E-state index in [-0.39, 0.29) is 0 Å². The van der Waals surface area contributed by atoms with Gasteiger partial charge in [0.2, 0.25) is 0 Å². The van der Waals surface area contributed by atoms with E-state index in [9.17, 15) is 0 Å². The van der Waals surface area contributed by atoms with Crippen molar-refractivity contribution >= 4 is 15.9 Å². The maximum Gasteiger partial charge on any atom is 0.0230 e. The van der Waals surface area contributed by atoms with Gasteiger partial charge in [-0.15, -0.1) is 0 Å². The molecule has 0 spiro atoms. The molecule has 0 aliphatic rings. The van der Waals surface area contributed by atoms with Crippen LogP contribution in [0.3, 0.4) is 0 Å². The Morgan fingerprint density at radius 3 is 2.41 bits per heavy atom. The summed E-state index contributed by atoms with van der Waals surface area (Å²) in [6, 6.07) is 8.85. The minimum atomic E-state index is 0.774. The van der Waals surface area contributed by atoms with Crippen molar-refractivity contribution in [1.82, 2.24) is 4.90 Å². The van der Waals surface area contributed by atoms with Crippen molar-refractivity contribution in [3.8, 4) is 0 Å². The molecule has 2 heteroatoms. The molecule has 0 fully saturated rings. The molecule has 0 aromatic heterocycles. The van der Waals surface area contributed by atoms with Crippen LogP contribution < -0.4 is 0 Å². The van der Waals surface area contributed by atoms with Gasteiger partial charge in [0.05, 0.1) is 0 Å². The summed E-state index contributed by atoms with van der Waals surface area (Å²) in [5.74, 6) is 0.774. The molecule has 0 radical (unpaired) electrons. The number of hydrogen-bond donors (Lipinski definition) is 0. The summed E-state index contributed by atoms with van der Waals surface area (Å²) in [6.07, 6.45) is 2.58.